The second-order valence-corrected chi connectivity index (χ2v) is 6.03. The SMILES string of the molecule is O=C(CCOC1COC2(CCNCC2)C1)NC1CC1. The average molecular weight is 268 g/mol. The van der Waals surface area contributed by atoms with Gasteiger partial charge in [0.1, 0.15) is 0 Å². The van der Waals surface area contributed by atoms with E-state index in [1.165, 1.54) is 0 Å². The number of amides is 1. The normalized spacial score (nSPS) is 29.6. The van der Waals surface area contributed by atoms with Crippen LogP contribution in [-0.4, -0.2) is 50.0 Å². The Balaban J connectivity index is 1.33. The van der Waals surface area contributed by atoms with E-state index in [1.54, 1.807) is 0 Å². The Morgan fingerprint density at radius 2 is 2.16 bits per heavy atom. The van der Waals surface area contributed by atoms with Crippen LogP contribution < -0.4 is 10.6 Å². The molecule has 0 aromatic heterocycles. The van der Waals surface area contributed by atoms with E-state index in [4.69, 9.17) is 9.47 Å². The van der Waals surface area contributed by atoms with E-state index in [2.05, 4.69) is 10.6 Å². The van der Waals surface area contributed by atoms with Gasteiger partial charge in [-0.25, -0.2) is 0 Å². The van der Waals surface area contributed by atoms with Crippen LogP contribution >= 0.6 is 0 Å². The van der Waals surface area contributed by atoms with Crippen molar-refractivity contribution in [2.45, 2.75) is 56.3 Å². The Labute approximate surface area is 114 Å². The topological polar surface area (TPSA) is 59.6 Å². The summed E-state index contributed by atoms with van der Waals surface area (Å²) in [5, 5.41) is 6.34. The molecular formula is C14H24N2O3. The molecule has 19 heavy (non-hydrogen) atoms. The number of ether oxygens (including phenoxy) is 2. The average Bonchev–Trinajstić information content (AvgIpc) is 3.13. The first kappa shape index (κ1) is 13.3. The first-order chi connectivity index (χ1) is 9.26. The summed E-state index contributed by atoms with van der Waals surface area (Å²) in [6, 6.07) is 0.445. The number of piperidine rings is 1. The molecule has 1 saturated carbocycles. The van der Waals surface area contributed by atoms with Gasteiger partial charge in [-0.3, -0.25) is 4.79 Å². The predicted molar refractivity (Wildman–Crippen MR) is 70.9 cm³/mol. The van der Waals surface area contributed by atoms with E-state index in [-0.39, 0.29) is 17.6 Å². The summed E-state index contributed by atoms with van der Waals surface area (Å²) >= 11 is 0. The van der Waals surface area contributed by atoms with Crippen LogP contribution in [0.3, 0.4) is 0 Å². The van der Waals surface area contributed by atoms with E-state index in [1.807, 2.05) is 0 Å². The highest BCUT2D eigenvalue weighted by atomic mass is 16.6. The lowest BCUT2D eigenvalue weighted by molar-refractivity contribution is -0.122. The van der Waals surface area contributed by atoms with Gasteiger partial charge < -0.3 is 20.1 Å². The molecule has 108 valence electrons. The van der Waals surface area contributed by atoms with Crippen LogP contribution in [0.4, 0.5) is 0 Å². The molecule has 1 spiro atoms. The first-order valence-corrected chi connectivity index (χ1v) is 7.51. The Morgan fingerprint density at radius 1 is 1.37 bits per heavy atom. The largest absolute Gasteiger partial charge is 0.375 e. The zero-order valence-corrected chi connectivity index (χ0v) is 11.5. The smallest absolute Gasteiger partial charge is 0.222 e. The molecule has 1 atom stereocenters. The third-order valence-corrected chi connectivity index (χ3v) is 4.32. The third kappa shape index (κ3) is 3.68. The Morgan fingerprint density at radius 3 is 2.89 bits per heavy atom. The maximum Gasteiger partial charge on any atom is 0.222 e. The van der Waals surface area contributed by atoms with Crippen molar-refractivity contribution in [1.29, 1.82) is 0 Å². The van der Waals surface area contributed by atoms with Gasteiger partial charge in [0.05, 0.1) is 24.9 Å². The second kappa shape index (κ2) is 5.77. The Bertz CT molecular complexity index is 325. The fourth-order valence-electron chi connectivity index (χ4n) is 2.99. The number of carbonyl (C=O) groups is 1. The van der Waals surface area contributed by atoms with Crippen LogP contribution in [0.5, 0.6) is 0 Å². The number of rotatable bonds is 5. The van der Waals surface area contributed by atoms with Crippen molar-refractivity contribution in [3.63, 3.8) is 0 Å². The quantitative estimate of drug-likeness (QED) is 0.766. The van der Waals surface area contributed by atoms with Gasteiger partial charge >= 0.3 is 0 Å². The first-order valence-electron chi connectivity index (χ1n) is 7.51. The van der Waals surface area contributed by atoms with E-state index >= 15 is 0 Å². The summed E-state index contributed by atoms with van der Waals surface area (Å²) in [5.41, 5.74) is 0.0478. The number of nitrogens with one attached hydrogen (secondary N) is 2. The fraction of sp³-hybridized carbons (Fsp3) is 0.929. The highest BCUT2D eigenvalue weighted by Crippen LogP contribution is 2.35. The zero-order chi connectivity index (χ0) is 13.1. The third-order valence-electron chi connectivity index (χ3n) is 4.32. The molecule has 1 unspecified atom stereocenters. The monoisotopic (exact) mass is 268 g/mol. The minimum atomic E-state index is 0.0478. The van der Waals surface area contributed by atoms with Crippen LogP contribution in [0.15, 0.2) is 0 Å². The molecule has 3 aliphatic rings. The summed E-state index contributed by atoms with van der Waals surface area (Å²) in [4.78, 5) is 11.5. The van der Waals surface area contributed by atoms with Gasteiger partial charge in [-0.15, -0.1) is 0 Å². The molecular weight excluding hydrogens is 244 g/mol. The van der Waals surface area contributed by atoms with Crippen molar-refractivity contribution in [3.05, 3.63) is 0 Å². The standard InChI is InChI=1S/C14H24N2O3/c17-13(16-11-1-2-11)3-8-18-12-9-14(19-10-12)4-6-15-7-5-14/h11-12,15H,1-10H2,(H,16,17). The van der Waals surface area contributed by atoms with Crippen molar-refractivity contribution >= 4 is 5.91 Å². The number of hydrogen-bond acceptors (Lipinski definition) is 4. The molecule has 2 N–H and O–H groups in total. The highest BCUT2D eigenvalue weighted by Gasteiger charge is 2.41. The van der Waals surface area contributed by atoms with Crippen molar-refractivity contribution < 1.29 is 14.3 Å². The van der Waals surface area contributed by atoms with Gasteiger partial charge in [-0.05, 0) is 38.8 Å². The van der Waals surface area contributed by atoms with Gasteiger partial charge in [-0.2, -0.15) is 0 Å². The lowest BCUT2D eigenvalue weighted by atomic mass is 9.89. The zero-order valence-electron chi connectivity index (χ0n) is 11.5. The summed E-state index contributed by atoms with van der Waals surface area (Å²) < 4.78 is 11.8. The lowest BCUT2D eigenvalue weighted by Gasteiger charge is -2.32. The van der Waals surface area contributed by atoms with Crippen LogP contribution in [0.2, 0.25) is 0 Å². The second-order valence-electron chi connectivity index (χ2n) is 6.03. The molecule has 0 aromatic carbocycles. The molecule has 0 radical (unpaired) electrons. The van der Waals surface area contributed by atoms with E-state index in [0.717, 1.165) is 45.2 Å². The molecule has 5 heteroatoms. The van der Waals surface area contributed by atoms with E-state index < -0.39 is 0 Å². The van der Waals surface area contributed by atoms with Crippen molar-refractivity contribution in [3.8, 4) is 0 Å². The number of carbonyl (C=O) groups excluding carboxylic acids is 1. The minimum absolute atomic E-state index is 0.0478. The molecule has 0 aromatic rings. The maximum absolute atomic E-state index is 11.5. The molecule has 3 rings (SSSR count). The summed E-state index contributed by atoms with van der Waals surface area (Å²) in [7, 11) is 0. The summed E-state index contributed by atoms with van der Waals surface area (Å²) in [5.74, 6) is 0.123. The van der Waals surface area contributed by atoms with Gasteiger partial charge in [0.15, 0.2) is 0 Å². The van der Waals surface area contributed by atoms with Crippen molar-refractivity contribution in [2.75, 3.05) is 26.3 Å². The Hall–Kier alpha value is -0.650. The van der Waals surface area contributed by atoms with Crippen LogP contribution in [0, 0.1) is 0 Å². The predicted octanol–water partition coefficient (Wildman–Crippen LogP) is 0.583. The van der Waals surface area contributed by atoms with Crippen molar-refractivity contribution in [1.82, 2.24) is 10.6 Å². The summed E-state index contributed by atoms with van der Waals surface area (Å²) in [6.45, 7) is 3.28. The Kier molecular flexibility index (Phi) is 4.05. The molecule has 0 bridgehead atoms. The van der Waals surface area contributed by atoms with E-state index in [0.29, 0.717) is 25.7 Å². The van der Waals surface area contributed by atoms with Crippen molar-refractivity contribution in [2.24, 2.45) is 0 Å². The van der Waals surface area contributed by atoms with E-state index in [9.17, 15) is 4.79 Å². The molecule has 1 amide bonds. The summed E-state index contributed by atoms with van der Waals surface area (Å²) in [6.07, 6.45) is 6.07. The molecule has 3 fully saturated rings. The maximum atomic E-state index is 11.5. The minimum Gasteiger partial charge on any atom is -0.375 e. The molecule has 5 nitrogen and oxygen atoms in total. The highest BCUT2D eigenvalue weighted by molar-refractivity contribution is 5.76. The fourth-order valence-corrected chi connectivity index (χ4v) is 2.99. The lowest BCUT2D eigenvalue weighted by Crippen LogP contribution is -2.41. The molecule has 1 aliphatic carbocycles. The number of hydrogen-bond donors (Lipinski definition) is 2. The van der Waals surface area contributed by atoms with Crippen LogP contribution in [0.25, 0.3) is 0 Å². The molecule has 2 heterocycles. The molecule has 2 saturated heterocycles. The van der Waals surface area contributed by atoms with Gasteiger partial charge in [0.25, 0.3) is 0 Å². The van der Waals surface area contributed by atoms with Crippen LogP contribution in [0.1, 0.15) is 38.5 Å². The molecule has 2 aliphatic heterocycles. The van der Waals surface area contributed by atoms with Crippen LogP contribution in [-0.2, 0) is 14.3 Å². The van der Waals surface area contributed by atoms with Gasteiger partial charge in [0.2, 0.25) is 5.91 Å². The van der Waals surface area contributed by atoms with Gasteiger partial charge in [0, 0.05) is 18.9 Å². The van der Waals surface area contributed by atoms with Gasteiger partial charge in [-0.1, -0.05) is 0 Å².